The monoisotopic (exact) mass is 360 g/mol. The lowest BCUT2D eigenvalue weighted by Gasteiger charge is -2.12. The molecule has 7 heteroatoms. The van der Waals surface area contributed by atoms with Crippen molar-refractivity contribution in [1.82, 2.24) is 15.8 Å². The first-order valence-electron chi connectivity index (χ1n) is 8.75. The van der Waals surface area contributed by atoms with E-state index in [4.69, 9.17) is 14.0 Å². The zero-order valence-corrected chi connectivity index (χ0v) is 16.1. The highest BCUT2D eigenvalue weighted by atomic mass is 16.5. The topological polar surface area (TPSA) is 80.9 Å². The molecule has 0 aliphatic rings. The lowest BCUT2D eigenvalue weighted by atomic mass is 10.1. The summed E-state index contributed by atoms with van der Waals surface area (Å²) < 4.78 is 16.0. The van der Waals surface area contributed by atoms with Gasteiger partial charge in [-0.15, -0.1) is 0 Å². The maximum atomic E-state index is 5.42. The van der Waals surface area contributed by atoms with Crippen LogP contribution in [0.2, 0.25) is 0 Å². The third kappa shape index (κ3) is 5.40. The number of benzene rings is 1. The van der Waals surface area contributed by atoms with Crippen molar-refractivity contribution in [2.75, 3.05) is 20.8 Å². The number of rotatable bonds is 8. The molecule has 2 N–H and O–H groups in total. The van der Waals surface area contributed by atoms with Gasteiger partial charge in [0.1, 0.15) is 11.5 Å². The predicted octanol–water partition coefficient (Wildman–Crippen LogP) is 3.07. The molecule has 0 aliphatic carbocycles. The molecule has 0 saturated heterocycles. The maximum Gasteiger partial charge on any atom is 0.191 e. The van der Waals surface area contributed by atoms with Crippen LogP contribution in [0.3, 0.4) is 0 Å². The lowest BCUT2D eigenvalue weighted by molar-refractivity contribution is 0.372. The molecule has 0 saturated carbocycles. The van der Waals surface area contributed by atoms with E-state index in [2.05, 4.69) is 34.6 Å². The van der Waals surface area contributed by atoms with E-state index in [0.717, 1.165) is 35.1 Å². The molecule has 7 nitrogen and oxygen atoms in total. The van der Waals surface area contributed by atoms with Gasteiger partial charge >= 0.3 is 0 Å². The second kappa shape index (κ2) is 9.70. The Morgan fingerprint density at radius 3 is 2.62 bits per heavy atom. The average Bonchev–Trinajstić information content (AvgIpc) is 3.13. The van der Waals surface area contributed by atoms with E-state index in [1.54, 1.807) is 14.2 Å². The number of hydrogen-bond acceptors (Lipinski definition) is 5. The highest BCUT2D eigenvalue weighted by molar-refractivity contribution is 5.79. The summed E-state index contributed by atoms with van der Waals surface area (Å²) in [5.41, 5.74) is 1.93. The van der Waals surface area contributed by atoms with E-state index in [9.17, 15) is 0 Å². The second-order valence-electron chi connectivity index (χ2n) is 6.10. The number of nitrogens with zero attached hydrogens (tertiary/aromatic N) is 2. The molecule has 142 valence electrons. The van der Waals surface area contributed by atoms with E-state index in [1.807, 2.05) is 31.2 Å². The van der Waals surface area contributed by atoms with E-state index < -0.39 is 0 Å². The van der Waals surface area contributed by atoms with Gasteiger partial charge in [-0.1, -0.05) is 19.0 Å². The van der Waals surface area contributed by atoms with Gasteiger partial charge in [-0.2, -0.15) is 0 Å². The van der Waals surface area contributed by atoms with Crippen LogP contribution in [0.1, 0.15) is 43.7 Å². The molecule has 0 atom stereocenters. The fraction of sp³-hybridized carbons (Fsp3) is 0.474. The standard InChI is InChI=1S/C19H28N4O3/c1-6-20-19(22-12-16-9-17(13(2)3)23-26-16)21-11-14-7-8-15(24-4)10-18(14)25-5/h7-10,13H,6,11-12H2,1-5H3,(H2,20,21,22). The number of aromatic nitrogens is 1. The summed E-state index contributed by atoms with van der Waals surface area (Å²) >= 11 is 0. The first-order chi connectivity index (χ1) is 12.6. The third-order valence-electron chi connectivity index (χ3n) is 3.84. The molecular weight excluding hydrogens is 332 g/mol. The molecule has 2 rings (SSSR count). The molecule has 1 aromatic heterocycles. The maximum absolute atomic E-state index is 5.42. The summed E-state index contributed by atoms with van der Waals surface area (Å²) in [5, 5.41) is 10.6. The van der Waals surface area contributed by atoms with Crippen molar-refractivity contribution >= 4 is 5.96 Å². The molecule has 0 aliphatic heterocycles. The van der Waals surface area contributed by atoms with Crippen molar-refractivity contribution in [3.05, 3.63) is 41.3 Å². The van der Waals surface area contributed by atoms with Gasteiger partial charge in [0, 0.05) is 24.2 Å². The lowest BCUT2D eigenvalue weighted by Crippen LogP contribution is -2.36. The Balaban J connectivity index is 2.03. The molecule has 26 heavy (non-hydrogen) atoms. The number of methoxy groups -OCH3 is 2. The van der Waals surface area contributed by atoms with Gasteiger partial charge in [-0.05, 0) is 25.0 Å². The Hall–Kier alpha value is -2.70. The number of guanidine groups is 1. The van der Waals surface area contributed by atoms with E-state index in [-0.39, 0.29) is 0 Å². The highest BCUT2D eigenvalue weighted by Crippen LogP contribution is 2.25. The number of nitrogens with one attached hydrogen (secondary N) is 2. The van der Waals surface area contributed by atoms with E-state index in [0.29, 0.717) is 25.0 Å². The first kappa shape index (κ1) is 19.6. The van der Waals surface area contributed by atoms with Crippen LogP contribution in [0.5, 0.6) is 11.5 Å². The SMILES string of the molecule is CCNC(=NCc1ccc(OC)cc1OC)NCc1cc(C(C)C)no1. The Kier molecular flexibility index (Phi) is 7.32. The second-order valence-corrected chi connectivity index (χ2v) is 6.10. The Morgan fingerprint density at radius 1 is 1.19 bits per heavy atom. The van der Waals surface area contributed by atoms with Crippen LogP contribution in [-0.4, -0.2) is 31.9 Å². The minimum Gasteiger partial charge on any atom is -0.497 e. The minimum atomic E-state index is 0.344. The zero-order chi connectivity index (χ0) is 18.9. The van der Waals surface area contributed by atoms with Crippen LogP contribution in [0, 0.1) is 0 Å². The molecule has 1 aromatic carbocycles. The summed E-state index contributed by atoms with van der Waals surface area (Å²) in [6.07, 6.45) is 0. The zero-order valence-electron chi connectivity index (χ0n) is 16.1. The number of ether oxygens (including phenoxy) is 2. The average molecular weight is 360 g/mol. The van der Waals surface area contributed by atoms with E-state index >= 15 is 0 Å². The van der Waals surface area contributed by atoms with Crippen LogP contribution in [-0.2, 0) is 13.1 Å². The highest BCUT2D eigenvalue weighted by Gasteiger charge is 2.09. The van der Waals surface area contributed by atoms with Gasteiger partial charge in [0.05, 0.1) is 33.0 Å². The molecule has 0 amide bonds. The van der Waals surface area contributed by atoms with Crippen LogP contribution in [0.25, 0.3) is 0 Å². The molecule has 0 spiro atoms. The van der Waals surface area contributed by atoms with Gasteiger partial charge in [0.15, 0.2) is 11.7 Å². The van der Waals surface area contributed by atoms with E-state index in [1.165, 1.54) is 0 Å². The van der Waals surface area contributed by atoms with Crippen molar-refractivity contribution in [2.45, 2.75) is 39.8 Å². The predicted molar refractivity (Wildman–Crippen MR) is 102 cm³/mol. The first-order valence-corrected chi connectivity index (χ1v) is 8.75. The molecule has 0 fully saturated rings. The van der Waals surface area contributed by atoms with Crippen molar-refractivity contribution in [2.24, 2.45) is 4.99 Å². The fourth-order valence-corrected chi connectivity index (χ4v) is 2.34. The number of aliphatic imine (C=N–C) groups is 1. The molecule has 0 radical (unpaired) electrons. The van der Waals surface area contributed by atoms with Crippen molar-refractivity contribution < 1.29 is 14.0 Å². The molecule has 2 aromatic rings. The molecule has 0 bridgehead atoms. The normalized spacial score (nSPS) is 11.5. The molecular formula is C19H28N4O3. The van der Waals surface area contributed by atoms with Crippen molar-refractivity contribution in [3.8, 4) is 11.5 Å². The van der Waals surface area contributed by atoms with Crippen molar-refractivity contribution in [3.63, 3.8) is 0 Å². The molecule has 0 unspecified atom stereocenters. The summed E-state index contributed by atoms with van der Waals surface area (Å²) in [4.78, 5) is 4.62. The minimum absolute atomic E-state index is 0.344. The van der Waals surface area contributed by atoms with Crippen LogP contribution >= 0.6 is 0 Å². The Labute approximate surface area is 154 Å². The van der Waals surface area contributed by atoms with Crippen LogP contribution in [0.15, 0.2) is 33.8 Å². The van der Waals surface area contributed by atoms with Crippen molar-refractivity contribution in [1.29, 1.82) is 0 Å². The van der Waals surface area contributed by atoms with Gasteiger partial charge in [-0.3, -0.25) is 0 Å². The van der Waals surface area contributed by atoms with Crippen LogP contribution in [0.4, 0.5) is 0 Å². The quantitative estimate of drug-likeness (QED) is 0.556. The Morgan fingerprint density at radius 2 is 2.00 bits per heavy atom. The van der Waals surface area contributed by atoms with Gasteiger partial charge in [0.2, 0.25) is 0 Å². The van der Waals surface area contributed by atoms with Crippen LogP contribution < -0.4 is 20.1 Å². The fourth-order valence-electron chi connectivity index (χ4n) is 2.34. The van der Waals surface area contributed by atoms with Gasteiger partial charge in [0.25, 0.3) is 0 Å². The number of hydrogen-bond donors (Lipinski definition) is 2. The summed E-state index contributed by atoms with van der Waals surface area (Å²) in [7, 11) is 3.27. The summed E-state index contributed by atoms with van der Waals surface area (Å²) in [5.74, 6) is 3.33. The third-order valence-corrected chi connectivity index (χ3v) is 3.84. The Bertz CT molecular complexity index is 725. The summed E-state index contributed by atoms with van der Waals surface area (Å²) in [6, 6.07) is 7.67. The smallest absolute Gasteiger partial charge is 0.191 e. The van der Waals surface area contributed by atoms with Gasteiger partial charge in [-0.25, -0.2) is 4.99 Å². The summed E-state index contributed by atoms with van der Waals surface area (Å²) in [6.45, 7) is 7.96. The molecule has 1 heterocycles. The van der Waals surface area contributed by atoms with Gasteiger partial charge < -0.3 is 24.6 Å². The largest absolute Gasteiger partial charge is 0.497 e.